The number of imide groups is 1. The molecule has 2 aliphatic heterocycles. The maximum atomic E-state index is 12.9. The molecule has 0 aromatic heterocycles. The van der Waals surface area contributed by atoms with Crippen LogP contribution in [0.1, 0.15) is 24.8 Å². The summed E-state index contributed by atoms with van der Waals surface area (Å²) in [5.74, 6) is -0.0443. The Kier molecular flexibility index (Phi) is 2.55. The van der Waals surface area contributed by atoms with E-state index >= 15 is 0 Å². The molecule has 3 fully saturated rings. The van der Waals surface area contributed by atoms with Gasteiger partial charge in [-0.3, -0.25) is 18.7 Å². The molecule has 5 rings (SSSR count). The lowest BCUT2D eigenvalue weighted by atomic mass is 9.81. The van der Waals surface area contributed by atoms with Crippen molar-refractivity contribution in [2.75, 3.05) is 0 Å². The Bertz CT molecular complexity index is 759. The van der Waals surface area contributed by atoms with Gasteiger partial charge in [0, 0.05) is 5.56 Å². The van der Waals surface area contributed by atoms with Crippen molar-refractivity contribution >= 4 is 28.1 Å². The van der Waals surface area contributed by atoms with Crippen LogP contribution in [0.15, 0.2) is 34.6 Å². The molecular formula is C17H17NO4S. The summed E-state index contributed by atoms with van der Waals surface area (Å²) in [6.07, 6.45) is 3.05. The van der Waals surface area contributed by atoms with Gasteiger partial charge in [0.15, 0.2) is 0 Å². The minimum atomic E-state index is -3.08. The van der Waals surface area contributed by atoms with Crippen LogP contribution in [-0.2, 0) is 9.59 Å². The normalized spacial score (nSPS) is 37.8. The van der Waals surface area contributed by atoms with Crippen LogP contribution in [-0.4, -0.2) is 25.8 Å². The number of hydrogen-bond donors (Lipinski definition) is 2. The molecule has 2 heterocycles. The zero-order valence-corrected chi connectivity index (χ0v) is 13.2. The average molecular weight is 331 g/mol. The first-order valence-corrected chi connectivity index (χ1v) is 9.57. The summed E-state index contributed by atoms with van der Waals surface area (Å²) in [4.78, 5) is 27.4. The molecule has 2 amide bonds. The second-order valence-corrected chi connectivity index (χ2v) is 8.85. The molecule has 1 aromatic carbocycles. The number of carbonyl (C=O) groups is 2. The van der Waals surface area contributed by atoms with Gasteiger partial charge in [0.1, 0.15) is 0 Å². The third kappa shape index (κ3) is 1.61. The van der Waals surface area contributed by atoms with Crippen molar-refractivity contribution in [2.24, 2.45) is 23.7 Å². The monoisotopic (exact) mass is 331 g/mol. The summed E-state index contributed by atoms with van der Waals surface area (Å²) in [6.45, 7) is 0. The Hall–Kier alpha value is -1.63. The summed E-state index contributed by atoms with van der Waals surface area (Å²) >= 11 is 0. The molecule has 2 N–H and O–H groups in total. The molecule has 2 bridgehead atoms. The largest absolute Gasteiger partial charge is 0.291 e. The Morgan fingerprint density at radius 3 is 2.26 bits per heavy atom. The summed E-state index contributed by atoms with van der Waals surface area (Å²) in [7, 11) is -3.08. The Balaban J connectivity index is 1.61. The second kappa shape index (κ2) is 4.26. The number of nitrogens with zero attached hydrogens (tertiary/aromatic N) is 1. The van der Waals surface area contributed by atoms with Crippen molar-refractivity contribution in [3.8, 4) is 0 Å². The predicted octanol–water partition coefficient (Wildman–Crippen LogP) is 3.14. The van der Waals surface area contributed by atoms with Crippen molar-refractivity contribution in [3.05, 3.63) is 35.2 Å². The van der Waals surface area contributed by atoms with Crippen LogP contribution in [0.2, 0.25) is 0 Å². The Labute approximate surface area is 135 Å². The van der Waals surface area contributed by atoms with Crippen molar-refractivity contribution in [1.82, 2.24) is 4.90 Å². The highest BCUT2D eigenvalue weighted by Gasteiger charge is 2.62. The number of amides is 2. The maximum absolute atomic E-state index is 12.9. The van der Waals surface area contributed by atoms with E-state index in [1.54, 1.807) is 24.3 Å². The molecule has 4 atom stereocenters. The molecule has 6 heteroatoms. The highest BCUT2D eigenvalue weighted by molar-refractivity contribution is 8.27. The summed E-state index contributed by atoms with van der Waals surface area (Å²) in [6, 6.07) is 6.89. The van der Waals surface area contributed by atoms with E-state index in [0.29, 0.717) is 28.0 Å². The van der Waals surface area contributed by atoms with Gasteiger partial charge in [-0.25, -0.2) is 4.90 Å². The van der Waals surface area contributed by atoms with Gasteiger partial charge in [0.05, 0.1) is 27.8 Å². The fourth-order valence-corrected chi connectivity index (χ4v) is 6.49. The molecule has 1 saturated heterocycles. The van der Waals surface area contributed by atoms with Gasteiger partial charge in [-0.1, -0.05) is 18.2 Å². The van der Waals surface area contributed by atoms with E-state index in [4.69, 9.17) is 0 Å². The molecule has 0 radical (unpaired) electrons. The number of likely N-dealkylation sites (tertiary alicyclic amines) is 1. The summed E-state index contributed by atoms with van der Waals surface area (Å²) in [5.41, 5.74) is 0.950. The van der Waals surface area contributed by atoms with Gasteiger partial charge in [-0.2, -0.15) is 0 Å². The Morgan fingerprint density at radius 1 is 1.00 bits per heavy atom. The van der Waals surface area contributed by atoms with E-state index in [2.05, 4.69) is 0 Å². The molecule has 2 aliphatic carbocycles. The molecule has 5 nitrogen and oxygen atoms in total. The summed E-state index contributed by atoms with van der Waals surface area (Å²) < 4.78 is 20.6. The third-order valence-electron chi connectivity index (χ3n) is 5.93. The van der Waals surface area contributed by atoms with Gasteiger partial charge in [-0.15, -0.1) is 10.6 Å². The van der Waals surface area contributed by atoms with Crippen LogP contribution < -0.4 is 0 Å². The molecule has 23 heavy (non-hydrogen) atoms. The van der Waals surface area contributed by atoms with Gasteiger partial charge < -0.3 is 0 Å². The lowest BCUT2D eigenvalue weighted by Gasteiger charge is -2.24. The van der Waals surface area contributed by atoms with Crippen molar-refractivity contribution in [1.29, 1.82) is 0 Å². The van der Waals surface area contributed by atoms with Crippen LogP contribution in [0.4, 0.5) is 0 Å². The molecule has 4 aliphatic rings. The van der Waals surface area contributed by atoms with Crippen LogP contribution in [0, 0.1) is 23.7 Å². The fraction of sp³-hybridized carbons (Fsp3) is 0.412. The topological polar surface area (TPSA) is 77.8 Å². The first-order valence-electron chi connectivity index (χ1n) is 7.96. The van der Waals surface area contributed by atoms with Crippen LogP contribution in [0.25, 0.3) is 5.70 Å². The molecule has 1 aromatic rings. The van der Waals surface area contributed by atoms with E-state index in [1.165, 1.54) is 10.3 Å². The number of benzene rings is 1. The number of carbonyl (C=O) groups excluding carboxylic acids is 2. The number of hydrogen-bond acceptors (Lipinski definition) is 4. The third-order valence-corrected chi connectivity index (χ3v) is 7.49. The average Bonchev–Trinajstić information content (AvgIpc) is 3.24. The van der Waals surface area contributed by atoms with Gasteiger partial charge >= 0.3 is 0 Å². The van der Waals surface area contributed by atoms with E-state index in [9.17, 15) is 18.7 Å². The van der Waals surface area contributed by atoms with Crippen LogP contribution in [0.3, 0.4) is 0 Å². The zero-order chi connectivity index (χ0) is 15.9. The fourth-order valence-electron chi connectivity index (χ4n) is 5.04. The molecule has 4 unspecified atom stereocenters. The van der Waals surface area contributed by atoms with Gasteiger partial charge in [-0.05, 0) is 37.2 Å². The Morgan fingerprint density at radius 2 is 1.61 bits per heavy atom. The van der Waals surface area contributed by atoms with Crippen LogP contribution in [0.5, 0.6) is 0 Å². The second-order valence-electron chi connectivity index (χ2n) is 6.99. The van der Waals surface area contributed by atoms with Crippen molar-refractivity contribution in [2.45, 2.75) is 24.2 Å². The van der Waals surface area contributed by atoms with Gasteiger partial charge in [0.2, 0.25) is 11.8 Å². The lowest BCUT2D eigenvalue weighted by molar-refractivity contribution is -0.136. The quantitative estimate of drug-likeness (QED) is 0.775. The highest BCUT2D eigenvalue weighted by Crippen LogP contribution is 2.62. The zero-order valence-electron chi connectivity index (χ0n) is 12.4. The van der Waals surface area contributed by atoms with Crippen LogP contribution >= 0.6 is 10.6 Å². The van der Waals surface area contributed by atoms with Gasteiger partial charge in [0.25, 0.3) is 0 Å². The van der Waals surface area contributed by atoms with E-state index < -0.39 is 10.6 Å². The van der Waals surface area contributed by atoms with E-state index in [0.717, 1.165) is 19.3 Å². The molecular weight excluding hydrogens is 314 g/mol. The maximum Gasteiger partial charge on any atom is 0.238 e. The minimum absolute atomic E-state index is 0.148. The smallest absolute Gasteiger partial charge is 0.238 e. The number of rotatable bonds is 1. The van der Waals surface area contributed by atoms with E-state index in [-0.39, 0.29) is 23.7 Å². The highest BCUT2D eigenvalue weighted by atomic mass is 32.3. The predicted molar refractivity (Wildman–Crippen MR) is 85.2 cm³/mol. The number of fused-ring (bicyclic) bond motifs is 6. The molecule has 0 spiro atoms. The van der Waals surface area contributed by atoms with Crippen molar-refractivity contribution in [3.63, 3.8) is 0 Å². The first-order chi connectivity index (χ1) is 11.0. The van der Waals surface area contributed by atoms with E-state index in [1.807, 2.05) is 0 Å². The SMILES string of the molecule is O=C1C2C3CCC(C3)C2C(=O)N1C1=CS(O)(O)c2ccccc21. The van der Waals surface area contributed by atoms with Crippen molar-refractivity contribution < 1.29 is 18.7 Å². The summed E-state index contributed by atoms with van der Waals surface area (Å²) in [5, 5.41) is 1.30. The standard InChI is InChI=1S/C17H17NO4S/c19-16-14-9-5-6-10(7-9)15(14)17(20)18(16)12-8-23(21,22)13-4-2-1-3-11(12)13/h1-4,8-10,14-15,21-22H,5-7H2. The minimum Gasteiger partial charge on any atom is -0.291 e. The molecule has 2 saturated carbocycles. The lowest BCUT2D eigenvalue weighted by Crippen LogP contribution is -2.31. The molecule has 120 valence electrons. The first kappa shape index (κ1) is 13.8.